The molecule has 4 aromatic rings. The highest BCUT2D eigenvalue weighted by Gasteiger charge is 2.30. The first-order valence-electron chi connectivity index (χ1n) is 13.1. The molecule has 0 spiro atoms. The Hall–Kier alpha value is -2.77. The highest BCUT2D eigenvalue weighted by molar-refractivity contribution is 6.28. The molecule has 0 fully saturated rings. The SMILES string of the molecule is CC(O[SiH2]CCCC[SiH2]OC(C)(c1ccccc1)c1ccccc1)(c1ccccc1)c1ccccc1. The maximum atomic E-state index is 6.70. The van der Waals surface area contributed by atoms with Gasteiger partial charge in [0, 0.05) is 0 Å². The summed E-state index contributed by atoms with van der Waals surface area (Å²) in [4.78, 5) is 0. The third kappa shape index (κ3) is 6.51. The zero-order chi connectivity index (χ0) is 25.1. The van der Waals surface area contributed by atoms with E-state index in [0.717, 1.165) is 0 Å². The third-order valence-corrected chi connectivity index (χ3v) is 10.3. The number of unbranched alkanes of at least 4 members (excludes halogenated alkanes) is 1. The molecule has 4 rings (SSSR count). The summed E-state index contributed by atoms with van der Waals surface area (Å²) in [7, 11) is -1.30. The maximum absolute atomic E-state index is 6.70. The number of benzene rings is 4. The normalized spacial score (nSPS) is 12.6. The van der Waals surface area contributed by atoms with Crippen molar-refractivity contribution >= 4 is 19.5 Å². The summed E-state index contributed by atoms with van der Waals surface area (Å²) in [5.74, 6) is 0. The molecule has 0 saturated heterocycles. The van der Waals surface area contributed by atoms with E-state index in [2.05, 4.69) is 135 Å². The average Bonchev–Trinajstić information content (AvgIpc) is 2.96. The number of hydrogen-bond acceptors (Lipinski definition) is 2. The van der Waals surface area contributed by atoms with Gasteiger partial charge in [0.15, 0.2) is 19.5 Å². The van der Waals surface area contributed by atoms with Gasteiger partial charge in [-0.1, -0.05) is 134 Å². The Labute approximate surface area is 221 Å². The van der Waals surface area contributed by atoms with Gasteiger partial charge in [-0.2, -0.15) is 0 Å². The molecule has 0 saturated carbocycles. The Balaban J connectivity index is 1.27. The molecular formula is C32H38O2Si2. The third-order valence-electron chi connectivity index (χ3n) is 7.12. The summed E-state index contributed by atoms with van der Waals surface area (Å²) in [6, 6.07) is 44.9. The second-order valence-corrected chi connectivity index (χ2v) is 12.4. The molecule has 2 nitrogen and oxygen atoms in total. The van der Waals surface area contributed by atoms with Gasteiger partial charge in [0.05, 0.1) is 0 Å². The van der Waals surface area contributed by atoms with Crippen molar-refractivity contribution in [3.05, 3.63) is 144 Å². The Kier molecular flexibility index (Phi) is 9.48. The van der Waals surface area contributed by atoms with Gasteiger partial charge >= 0.3 is 0 Å². The second-order valence-electron chi connectivity index (χ2n) is 9.64. The minimum atomic E-state index is -0.651. The average molecular weight is 511 g/mol. The quantitative estimate of drug-likeness (QED) is 0.147. The van der Waals surface area contributed by atoms with E-state index in [1.54, 1.807) is 0 Å². The summed E-state index contributed by atoms with van der Waals surface area (Å²) in [6.45, 7) is 4.44. The highest BCUT2D eigenvalue weighted by Crippen LogP contribution is 2.34. The van der Waals surface area contributed by atoms with Crippen LogP contribution in [0.2, 0.25) is 12.1 Å². The van der Waals surface area contributed by atoms with Gasteiger partial charge in [-0.25, -0.2) is 0 Å². The molecular weight excluding hydrogens is 473 g/mol. The first-order chi connectivity index (χ1) is 17.6. The number of hydrogen-bond donors (Lipinski definition) is 0. The van der Waals surface area contributed by atoms with Gasteiger partial charge in [0.1, 0.15) is 11.2 Å². The fraction of sp³-hybridized carbons (Fsp3) is 0.250. The van der Waals surface area contributed by atoms with Crippen LogP contribution in [0.1, 0.15) is 48.9 Å². The standard InChI is InChI=1S/C32H38O2Si2/c1-31(27-17-7-3-8-18-27,28-19-9-4-10-20-28)33-35-25-15-16-26-36-34-32(2,29-21-11-5-12-22-29)30-23-13-6-14-24-30/h3-14,17-24H,15-16,25-26,35-36H2,1-2H3. The molecule has 186 valence electrons. The molecule has 0 aliphatic heterocycles. The van der Waals surface area contributed by atoms with Crippen molar-refractivity contribution in [3.8, 4) is 0 Å². The van der Waals surface area contributed by atoms with Crippen LogP contribution in [-0.2, 0) is 20.1 Å². The molecule has 0 atom stereocenters. The fourth-order valence-corrected chi connectivity index (χ4v) is 7.69. The lowest BCUT2D eigenvalue weighted by atomic mass is 9.88. The van der Waals surface area contributed by atoms with Crippen molar-refractivity contribution < 1.29 is 8.85 Å². The fourth-order valence-electron chi connectivity index (χ4n) is 4.80. The Morgan fingerprint density at radius 3 is 0.944 bits per heavy atom. The minimum absolute atomic E-state index is 0.375. The molecule has 0 aromatic heterocycles. The van der Waals surface area contributed by atoms with E-state index in [4.69, 9.17) is 8.85 Å². The monoisotopic (exact) mass is 510 g/mol. The van der Waals surface area contributed by atoms with Crippen molar-refractivity contribution in [2.24, 2.45) is 0 Å². The molecule has 36 heavy (non-hydrogen) atoms. The second kappa shape index (κ2) is 13.0. The van der Waals surface area contributed by atoms with Crippen molar-refractivity contribution in [2.45, 2.75) is 50.0 Å². The van der Waals surface area contributed by atoms with Crippen LogP contribution < -0.4 is 0 Å². The lowest BCUT2D eigenvalue weighted by molar-refractivity contribution is 0.138. The van der Waals surface area contributed by atoms with Gasteiger partial charge in [-0.3, -0.25) is 0 Å². The van der Waals surface area contributed by atoms with Gasteiger partial charge in [0.2, 0.25) is 0 Å². The minimum Gasteiger partial charge on any atom is -0.411 e. The van der Waals surface area contributed by atoms with Crippen LogP contribution in [0.15, 0.2) is 121 Å². The topological polar surface area (TPSA) is 18.5 Å². The van der Waals surface area contributed by atoms with Crippen molar-refractivity contribution in [1.29, 1.82) is 0 Å². The molecule has 0 bridgehead atoms. The van der Waals surface area contributed by atoms with Gasteiger partial charge in [-0.05, 0) is 48.2 Å². The van der Waals surface area contributed by atoms with Gasteiger partial charge < -0.3 is 8.85 Å². The van der Waals surface area contributed by atoms with Crippen LogP contribution in [-0.4, -0.2) is 19.5 Å². The molecule has 0 aliphatic carbocycles. The zero-order valence-electron chi connectivity index (χ0n) is 21.6. The summed E-state index contributed by atoms with van der Waals surface area (Å²) >= 11 is 0. The Bertz CT molecular complexity index is 978. The highest BCUT2D eigenvalue weighted by atomic mass is 28.2. The smallest absolute Gasteiger partial charge is 0.163 e. The summed E-state index contributed by atoms with van der Waals surface area (Å²) < 4.78 is 13.4. The largest absolute Gasteiger partial charge is 0.411 e. The molecule has 0 radical (unpaired) electrons. The van der Waals surface area contributed by atoms with Crippen LogP contribution in [0.4, 0.5) is 0 Å². The summed E-state index contributed by atoms with van der Waals surface area (Å²) in [5.41, 5.74) is 4.16. The van der Waals surface area contributed by atoms with E-state index < -0.39 is 19.5 Å². The number of rotatable bonds is 13. The van der Waals surface area contributed by atoms with E-state index in [1.165, 1.54) is 47.2 Å². The lowest BCUT2D eigenvalue weighted by Gasteiger charge is -2.32. The van der Waals surface area contributed by atoms with Crippen molar-refractivity contribution in [2.75, 3.05) is 0 Å². The van der Waals surface area contributed by atoms with Crippen LogP contribution in [0.5, 0.6) is 0 Å². The predicted molar refractivity (Wildman–Crippen MR) is 157 cm³/mol. The Morgan fingerprint density at radius 2 is 0.694 bits per heavy atom. The molecule has 0 heterocycles. The Morgan fingerprint density at radius 1 is 0.444 bits per heavy atom. The van der Waals surface area contributed by atoms with Gasteiger partial charge in [-0.15, -0.1) is 0 Å². The van der Waals surface area contributed by atoms with Crippen LogP contribution in [0.25, 0.3) is 0 Å². The van der Waals surface area contributed by atoms with E-state index in [1.807, 2.05) is 0 Å². The van der Waals surface area contributed by atoms with Crippen molar-refractivity contribution in [3.63, 3.8) is 0 Å². The molecule has 0 amide bonds. The summed E-state index contributed by atoms with van der Waals surface area (Å²) in [5, 5.41) is 0. The first kappa shape index (κ1) is 26.3. The molecule has 4 aromatic carbocycles. The maximum Gasteiger partial charge on any atom is 0.163 e. The van der Waals surface area contributed by atoms with Crippen LogP contribution in [0.3, 0.4) is 0 Å². The first-order valence-corrected chi connectivity index (χ1v) is 16.3. The summed E-state index contributed by atoms with van der Waals surface area (Å²) in [6.07, 6.45) is 2.44. The zero-order valence-corrected chi connectivity index (χ0v) is 24.4. The van der Waals surface area contributed by atoms with Gasteiger partial charge in [0.25, 0.3) is 0 Å². The van der Waals surface area contributed by atoms with E-state index >= 15 is 0 Å². The lowest BCUT2D eigenvalue weighted by Crippen LogP contribution is -2.29. The van der Waals surface area contributed by atoms with E-state index in [-0.39, 0.29) is 11.2 Å². The predicted octanol–water partition coefficient (Wildman–Crippen LogP) is 6.73. The van der Waals surface area contributed by atoms with Crippen LogP contribution in [0, 0.1) is 0 Å². The molecule has 0 unspecified atom stereocenters. The van der Waals surface area contributed by atoms with E-state index in [0.29, 0.717) is 0 Å². The van der Waals surface area contributed by atoms with E-state index in [9.17, 15) is 0 Å². The molecule has 4 heteroatoms. The van der Waals surface area contributed by atoms with Crippen LogP contribution >= 0.6 is 0 Å². The molecule has 0 aliphatic rings. The molecule has 0 N–H and O–H groups in total. The van der Waals surface area contributed by atoms with Crippen molar-refractivity contribution in [1.82, 2.24) is 0 Å².